The zero-order valence-electron chi connectivity index (χ0n) is 9.38. The number of para-hydroxylation sites is 1. The summed E-state index contributed by atoms with van der Waals surface area (Å²) in [5.41, 5.74) is 8.55. The van der Waals surface area contributed by atoms with E-state index in [9.17, 15) is 0 Å². The van der Waals surface area contributed by atoms with Crippen LogP contribution in [0.4, 0.5) is 5.82 Å². The number of rotatable bonds is 0. The number of hydrogen-bond donors (Lipinski definition) is 2. The molecule has 0 aliphatic heterocycles. The van der Waals surface area contributed by atoms with Gasteiger partial charge in [-0.15, -0.1) is 0 Å². The number of fused-ring (bicyclic) bond motifs is 5. The smallest absolute Gasteiger partial charge is 0.166 e. The molecule has 18 heavy (non-hydrogen) atoms. The van der Waals surface area contributed by atoms with E-state index < -0.39 is 0 Å². The number of hydrogen-bond acceptors (Lipinski definition) is 4. The third-order valence-electron chi connectivity index (χ3n) is 3.17. The normalized spacial score (nSPS) is 11.6. The predicted molar refractivity (Wildman–Crippen MR) is 71.1 cm³/mol. The summed E-state index contributed by atoms with van der Waals surface area (Å²) in [4.78, 5) is 15.9. The molecule has 3 N–H and O–H groups in total. The molecule has 0 atom stereocenters. The molecule has 5 heteroatoms. The highest BCUT2D eigenvalue weighted by Gasteiger charge is 2.11. The van der Waals surface area contributed by atoms with Gasteiger partial charge in [-0.2, -0.15) is 0 Å². The summed E-state index contributed by atoms with van der Waals surface area (Å²) >= 11 is 0. The van der Waals surface area contributed by atoms with Crippen LogP contribution in [-0.4, -0.2) is 19.9 Å². The standard InChI is InChI=1S/C13H9N5/c14-12-10-11-8(5-15-13(10)17-6-16-12)7-3-1-2-4-9(7)18-11/h1-6,18H,(H2,14,15,16,17). The van der Waals surface area contributed by atoms with Crippen LogP contribution in [0.15, 0.2) is 36.8 Å². The largest absolute Gasteiger partial charge is 0.383 e. The van der Waals surface area contributed by atoms with Gasteiger partial charge in [0, 0.05) is 22.5 Å². The fourth-order valence-corrected chi connectivity index (χ4v) is 2.35. The van der Waals surface area contributed by atoms with Gasteiger partial charge >= 0.3 is 0 Å². The van der Waals surface area contributed by atoms with E-state index in [0.29, 0.717) is 11.5 Å². The molecule has 0 saturated heterocycles. The monoisotopic (exact) mass is 235 g/mol. The van der Waals surface area contributed by atoms with E-state index >= 15 is 0 Å². The Morgan fingerprint density at radius 1 is 1.00 bits per heavy atom. The summed E-state index contributed by atoms with van der Waals surface area (Å²) in [5.74, 6) is 0.449. The first-order chi connectivity index (χ1) is 8.84. The highest BCUT2D eigenvalue weighted by Crippen LogP contribution is 2.30. The van der Waals surface area contributed by atoms with Crippen molar-refractivity contribution in [3.05, 3.63) is 36.8 Å². The van der Waals surface area contributed by atoms with Crippen molar-refractivity contribution in [3.8, 4) is 0 Å². The molecule has 0 radical (unpaired) electrons. The first-order valence-electron chi connectivity index (χ1n) is 5.60. The summed E-state index contributed by atoms with van der Waals surface area (Å²) in [6, 6.07) is 8.08. The van der Waals surface area contributed by atoms with Crippen LogP contribution < -0.4 is 5.73 Å². The third kappa shape index (κ3) is 1.08. The van der Waals surface area contributed by atoms with E-state index in [2.05, 4.69) is 26.0 Å². The maximum absolute atomic E-state index is 5.93. The molecule has 5 nitrogen and oxygen atoms in total. The number of benzene rings is 1. The number of nitrogens with one attached hydrogen (secondary N) is 1. The quantitative estimate of drug-likeness (QED) is 0.489. The number of pyridine rings is 1. The first kappa shape index (κ1) is 9.35. The number of nitrogen functional groups attached to an aromatic ring is 1. The van der Waals surface area contributed by atoms with Gasteiger partial charge in [0.25, 0.3) is 0 Å². The molecule has 0 spiro atoms. The molecule has 0 fully saturated rings. The van der Waals surface area contributed by atoms with E-state index in [1.807, 2.05) is 24.4 Å². The van der Waals surface area contributed by atoms with Gasteiger partial charge in [0.1, 0.15) is 12.1 Å². The molecule has 0 unspecified atom stereocenters. The maximum atomic E-state index is 5.93. The Bertz CT molecular complexity index is 894. The highest BCUT2D eigenvalue weighted by molar-refractivity contribution is 6.17. The fraction of sp³-hybridized carbons (Fsp3) is 0. The second-order valence-corrected chi connectivity index (χ2v) is 4.17. The first-order valence-corrected chi connectivity index (χ1v) is 5.60. The molecule has 86 valence electrons. The Kier molecular flexibility index (Phi) is 1.64. The average molecular weight is 235 g/mol. The Labute approximate surface area is 102 Å². The third-order valence-corrected chi connectivity index (χ3v) is 3.17. The lowest BCUT2D eigenvalue weighted by molar-refractivity contribution is 1.19. The number of nitrogens with zero attached hydrogens (tertiary/aromatic N) is 3. The molecule has 4 aromatic rings. The van der Waals surface area contributed by atoms with Crippen LogP contribution in [0, 0.1) is 0 Å². The Morgan fingerprint density at radius 3 is 2.83 bits per heavy atom. The number of H-pyrrole nitrogens is 1. The van der Waals surface area contributed by atoms with Crippen LogP contribution in [0.25, 0.3) is 32.8 Å². The summed E-state index contributed by atoms with van der Waals surface area (Å²) in [5, 5.41) is 2.95. The number of aromatic amines is 1. The van der Waals surface area contributed by atoms with Crippen molar-refractivity contribution in [1.82, 2.24) is 19.9 Å². The van der Waals surface area contributed by atoms with Crippen LogP contribution in [-0.2, 0) is 0 Å². The van der Waals surface area contributed by atoms with Gasteiger partial charge in [0.15, 0.2) is 5.65 Å². The Hall–Kier alpha value is -2.69. The number of aromatic nitrogens is 4. The lowest BCUT2D eigenvalue weighted by Gasteiger charge is -2.00. The molecule has 4 rings (SSSR count). The number of anilines is 1. The van der Waals surface area contributed by atoms with Gasteiger partial charge in [-0.25, -0.2) is 15.0 Å². The highest BCUT2D eigenvalue weighted by atomic mass is 15.0. The molecule has 0 bridgehead atoms. The summed E-state index contributed by atoms with van der Waals surface area (Å²) in [6.45, 7) is 0. The van der Waals surface area contributed by atoms with Gasteiger partial charge in [-0.3, -0.25) is 0 Å². The van der Waals surface area contributed by atoms with E-state index in [4.69, 9.17) is 5.73 Å². The zero-order chi connectivity index (χ0) is 12.1. The van der Waals surface area contributed by atoms with Crippen LogP contribution >= 0.6 is 0 Å². The van der Waals surface area contributed by atoms with Gasteiger partial charge in [0.2, 0.25) is 0 Å². The van der Waals surface area contributed by atoms with Gasteiger partial charge in [-0.1, -0.05) is 18.2 Å². The van der Waals surface area contributed by atoms with Crippen LogP contribution in [0.2, 0.25) is 0 Å². The lowest BCUT2D eigenvalue weighted by atomic mass is 10.2. The maximum Gasteiger partial charge on any atom is 0.166 e. The minimum Gasteiger partial charge on any atom is -0.383 e. The zero-order valence-corrected chi connectivity index (χ0v) is 9.38. The molecule has 0 saturated carbocycles. The van der Waals surface area contributed by atoms with Gasteiger partial charge in [0.05, 0.1) is 10.9 Å². The van der Waals surface area contributed by atoms with E-state index in [1.54, 1.807) is 0 Å². The minimum atomic E-state index is 0.449. The van der Waals surface area contributed by atoms with Crippen molar-refractivity contribution in [3.63, 3.8) is 0 Å². The van der Waals surface area contributed by atoms with Crippen molar-refractivity contribution in [2.24, 2.45) is 0 Å². The van der Waals surface area contributed by atoms with E-state index in [1.165, 1.54) is 6.33 Å². The molecule has 0 aliphatic carbocycles. The predicted octanol–water partition coefficient (Wildman–Crippen LogP) is 2.24. The van der Waals surface area contributed by atoms with Crippen molar-refractivity contribution >= 4 is 38.7 Å². The van der Waals surface area contributed by atoms with Crippen LogP contribution in [0.3, 0.4) is 0 Å². The van der Waals surface area contributed by atoms with Crippen molar-refractivity contribution in [2.45, 2.75) is 0 Å². The summed E-state index contributed by atoms with van der Waals surface area (Å²) < 4.78 is 0. The molecule has 0 aliphatic rings. The Morgan fingerprint density at radius 2 is 1.89 bits per heavy atom. The SMILES string of the molecule is Nc1ncnc2ncc3c4ccccc4[nH]c3c12. The Balaban J connectivity index is 2.35. The summed E-state index contributed by atoms with van der Waals surface area (Å²) in [7, 11) is 0. The second kappa shape index (κ2) is 3.16. The average Bonchev–Trinajstić information content (AvgIpc) is 2.77. The van der Waals surface area contributed by atoms with Crippen LogP contribution in [0.1, 0.15) is 0 Å². The molecule has 3 heterocycles. The van der Waals surface area contributed by atoms with Gasteiger partial charge in [-0.05, 0) is 6.07 Å². The van der Waals surface area contributed by atoms with E-state index in [-0.39, 0.29) is 0 Å². The van der Waals surface area contributed by atoms with Crippen molar-refractivity contribution < 1.29 is 0 Å². The fourth-order valence-electron chi connectivity index (χ4n) is 2.35. The van der Waals surface area contributed by atoms with Crippen molar-refractivity contribution in [2.75, 3.05) is 5.73 Å². The molecule has 0 amide bonds. The topological polar surface area (TPSA) is 80.5 Å². The minimum absolute atomic E-state index is 0.449. The molecular formula is C13H9N5. The van der Waals surface area contributed by atoms with Gasteiger partial charge < -0.3 is 10.7 Å². The molecule has 1 aromatic carbocycles. The van der Waals surface area contributed by atoms with Crippen LogP contribution in [0.5, 0.6) is 0 Å². The molecular weight excluding hydrogens is 226 g/mol. The molecule has 3 aromatic heterocycles. The van der Waals surface area contributed by atoms with Crippen molar-refractivity contribution in [1.29, 1.82) is 0 Å². The summed E-state index contributed by atoms with van der Waals surface area (Å²) in [6.07, 6.45) is 3.25. The second-order valence-electron chi connectivity index (χ2n) is 4.17. The lowest BCUT2D eigenvalue weighted by Crippen LogP contribution is -1.95. The van der Waals surface area contributed by atoms with E-state index in [0.717, 1.165) is 27.2 Å². The number of nitrogens with two attached hydrogens (primary N) is 1.